The molecule has 19 heavy (non-hydrogen) atoms. The number of aryl methyl sites for hydroxylation is 1. The molecule has 0 radical (unpaired) electrons. The van der Waals surface area contributed by atoms with Crippen LogP contribution in [0.5, 0.6) is 0 Å². The number of rotatable bonds is 3. The zero-order chi connectivity index (χ0) is 14.2. The number of furan rings is 1. The van der Waals surface area contributed by atoms with Gasteiger partial charge in [0, 0.05) is 19.2 Å². The molecule has 0 bridgehead atoms. The Hall–Kier alpha value is -1.88. The van der Waals surface area contributed by atoms with Gasteiger partial charge in [0.2, 0.25) is 0 Å². The number of halogens is 2. The highest BCUT2D eigenvalue weighted by molar-refractivity contribution is 6.33. The van der Waals surface area contributed by atoms with E-state index in [2.05, 4.69) is 0 Å². The van der Waals surface area contributed by atoms with Gasteiger partial charge < -0.3 is 20.8 Å². The standard InChI is InChI=1S/C13H15ClFN3O/c1-7-8(3-4-19-7)6-18(2)13-10(17)5-9(16)11(14)12(13)15/h3-5H,6,16-17H2,1-2H3. The minimum absolute atomic E-state index is 0.111. The van der Waals surface area contributed by atoms with E-state index in [0.717, 1.165) is 11.3 Å². The predicted molar refractivity (Wildman–Crippen MR) is 75.8 cm³/mol. The number of nitrogens with two attached hydrogens (primary N) is 2. The summed E-state index contributed by atoms with van der Waals surface area (Å²) in [7, 11) is 1.73. The summed E-state index contributed by atoms with van der Waals surface area (Å²) in [5.41, 5.74) is 13.0. The Morgan fingerprint density at radius 3 is 2.63 bits per heavy atom. The van der Waals surface area contributed by atoms with Crippen molar-refractivity contribution in [1.29, 1.82) is 0 Å². The summed E-state index contributed by atoms with van der Waals surface area (Å²) in [6.07, 6.45) is 1.59. The Bertz CT molecular complexity index is 612. The number of nitrogens with zero attached hydrogens (tertiary/aromatic N) is 1. The minimum atomic E-state index is -0.609. The van der Waals surface area contributed by atoms with Crippen LogP contribution in [0.15, 0.2) is 22.8 Å². The van der Waals surface area contributed by atoms with Crippen molar-refractivity contribution in [3.8, 4) is 0 Å². The van der Waals surface area contributed by atoms with E-state index in [9.17, 15) is 4.39 Å². The molecule has 1 heterocycles. The monoisotopic (exact) mass is 283 g/mol. The molecular formula is C13H15ClFN3O. The van der Waals surface area contributed by atoms with Crippen LogP contribution in [0.2, 0.25) is 5.02 Å². The van der Waals surface area contributed by atoms with Crippen LogP contribution in [-0.4, -0.2) is 7.05 Å². The maximum Gasteiger partial charge on any atom is 0.169 e. The molecule has 0 amide bonds. The summed E-state index contributed by atoms with van der Waals surface area (Å²) in [6, 6.07) is 3.29. The molecule has 0 fully saturated rings. The van der Waals surface area contributed by atoms with Crippen molar-refractivity contribution in [1.82, 2.24) is 0 Å². The van der Waals surface area contributed by atoms with E-state index in [1.165, 1.54) is 6.07 Å². The molecule has 2 rings (SSSR count). The van der Waals surface area contributed by atoms with Gasteiger partial charge in [0.25, 0.3) is 0 Å². The lowest BCUT2D eigenvalue weighted by molar-refractivity contribution is 0.529. The van der Waals surface area contributed by atoms with Gasteiger partial charge in [0.05, 0.1) is 23.3 Å². The second-order valence-electron chi connectivity index (χ2n) is 4.39. The Morgan fingerprint density at radius 2 is 2.05 bits per heavy atom. The summed E-state index contributed by atoms with van der Waals surface area (Å²) in [5, 5.41) is -0.111. The number of anilines is 3. The van der Waals surface area contributed by atoms with Crippen LogP contribution in [0.3, 0.4) is 0 Å². The fourth-order valence-electron chi connectivity index (χ4n) is 1.95. The predicted octanol–water partition coefficient (Wildman–Crippen LogP) is 3.18. The van der Waals surface area contributed by atoms with Gasteiger partial charge in [0.1, 0.15) is 10.8 Å². The highest BCUT2D eigenvalue weighted by atomic mass is 35.5. The van der Waals surface area contributed by atoms with Crippen LogP contribution >= 0.6 is 11.6 Å². The van der Waals surface area contributed by atoms with Crippen LogP contribution < -0.4 is 16.4 Å². The molecule has 0 aliphatic rings. The first kappa shape index (κ1) is 13.5. The van der Waals surface area contributed by atoms with Gasteiger partial charge in [-0.3, -0.25) is 0 Å². The second-order valence-corrected chi connectivity index (χ2v) is 4.77. The highest BCUT2D eigenvalue weighted by Gasteiger charge is 2.18. The first-order chi connectivity index (χ1) is 8.91. The van der Waals surface area contributed by atoms with E-state index >= 15 is 0 Å². The molecule has 0 aliphatic carbocycles. The van der Waals surface area contributed by atoms with Gasteiger partial charge in [-0.1, -0.05) is 11.6 Å². The molecule has 0 saturated heterocycles. The van der Waals surface area contributed by atoms with Crippen molar-refractivity contribution in [2.24, 2.45) is 0 Å². The number of benzene rings is 1. The first-order valence-electron chi connectivity index (χ1n) is 5.69. The molecule has 1 aromatic heterocycles. The SMILES string of the molecule is Cc1occc1CN(C)c1c(N)cc(N)c(Cl)c1F. The molecule has 0 atom stereocenters. The van der Waals surface area contributed by atoms with Crippen LogP contribution in [0.1, 0.15) is 11.3 Å². The molecule has 1 aromatic carbocycles. The second kappa shape index (κ2) is 5.01. The molecule has 102 valence electrons. The summed E-state index contributed by atoms with van der Waals surface area (Å²) < 4.78 is 19.4. The topological polar surface area (TPSA) is 68.4 Å². The lowest BCUT2D eigenvalue weighted by atomic mass is 10.2. The van der Waals surface area contributed by atoms with Gasteiger partial charge in [-0.25, -0.2) is 4.39 Å². The maximum absolute atomic E-state index is 14.1. The van der Waals surface area contributed by atoms with E-state index in [4.69, 9.17) is 27.5 Å². The van der Waals surface area contributed by atoms with Crippen molar-refractivity contribution in [2.45, 2.75) is 13.5 Å². The van der Waals surface area contributed by atoms with Crippen molar-refractivity contribution < 1.29 is 8.81 Å². The van der Waals surface area contributed by atoms with Crippen LogP contribution in [-0.2, 0) is 6.54 Å². The molecule has 0 saturated carbocycles. The normalized spacial score (nSPS) is 10.7. The van der Waals surface area contributed by atoms with E-state index in [1.807, 2.05) is 13.0 Å². The van der Waals surface area contributed by atoms with Gasteiger partial charge >= 0.3 is 0 Å². The smallest absolute Gasteiger partial charge is 0.169 e. The zero-order valence-electron chi connectivity index (χ0n) is 10.7. The van der Waals surface area contributed by atoms with E-state index < -0.39 is 5.82 Å². The third-order valence-corrected chi connectivity index (χ3v) is 3.38. The maximum atomic E-state index is 14.1. The van der Waals surface area contributed by atoms with Crippen molar-refractivity contribution >= 4 is 28.7 Å². The van der Waals surface area contributed by atoms with Gasteiger partial charge in [-0.2, -0.15) is 0 Å². The molecule has 2 aromatic rings. The first-order valence-corrected chi connectivity index (χ1v) is 6.06. The Kier molecular flexibility index (Phi) is 3.57. The lowest BCUT2D eigenvalue weighted by Gasteiger charge is -2.22. The molecule has 0 aliphatic heterocycles. The summed E-state index contributed by atoms with van der Waals surface area (Å²) in [5.74, 6) is 0.176. The van der Waals surface area contributed by atoms with E-state index in [0.29, 0.717) is 6.54 Å². The third kappa shape index (κ3) is 2.46. The fourth-order valence-corrected chi connectivity index (χ4v) is 2.10. The average molecular weight is 284 g/mol. The van der Waals surface area contributed by atoms with Crippen molar-refractivity contribution in [2.75, 3.05) is 23.4 Å². The molecular weight excluding hydrogens is 269 g/mol. The Morgan fingerprint density at radius 1 is 1.37 bits per heavy atom. The molecule has 0 unspecified atom stereocenters. The largest absolute Gasteiger partial charge is 0.469 e. The van der Waals surface area contributed by atoms with E-state index in [-0.39, 0.29) is 22.1 Å². The third-order valence-electron chi connectivity index (χ3n) is 2.99. The Labute approximate surface area is 115 Å². The van der Waals surface area contributed by atoms with Crippen LogP contribution in [0.4, 0.5) is 21.5 Å². The number of hydrogen-bond acceptors (Lipinski definition) is 4. The van der Waals surface area contributed by atoms with Gasteiger partial charge in [-0.15, -0.1) is 0 Å². The molecule has 4 N–H and O–H groups in total. The highest BCUT2D eigenvalue weighted by Crippen LogP contribution is 2.36. The van der Waals surface area contributed by atoms with Crippen molar-refractivity contribution in [3.63, 3.8) is 0 Å². The molecule has 4 nitrogen and oxygen atoms in total. The molecule has 0 spiro atoms. The summed E-state index contributed by atoms with van der Waals surface area (Å²) in [4.78, 5) is 1.67. The lowest BCUT2D eigenvalue weighted by Crippen LogP contribution is -2.20. The number of nitrogen functional groups attached to an aromatic ring is 2. The number of hydrogen-bond donors (Lipinski definition) is 2. The van der Waals surface area contributed by atoms with Gasteiger partial charge in [0.15, 0.2) is 5.82 Å². The average Bonchev–Trinajstić information content (AvgIpc) is 2.72. The summed E-state index contributed by atoms with van der Waals surface area (Å²) >= 11 is 5.81. The minimum Gasteiger partial charge on any atom is -0.469 e. The quantitative estimate of drug-likeness (QED) is 0.849. The van der Waals surface area contributed by atoms with E-state index in [1.54, 1.807) is 18.2 Å². The van der Waals surface area contributed by atoms with Crippen molar-refractivity contribution in [3.05, 3.63) is 40.6 Å². The summed E-state index contributed by atoms with van der Waals surface area (Å²) in [6.45, 7) is 2.31. The van der Waals surface area contributed by atoms with Crippen LogP contribution in [0, 0.1) is 12.7 Å². The molecule has 6 heteroatoms. The Balaban J connectivity index is 2.37. The van der Waals surface area contributed by atoms with Crippen LogP contribution in [0.25, 0.3) is 0 Å². The van der Waals surface area contributed by atoms with Gasteiger partial charge in [-0.05, 0) is 19.1 Å². The fraction of sp³-hybridized carbons (Fsp3) is 0.231. The zero-order valence-corrected chi connectivity index (χ0v) is 11.5.